The van der Waals surface area contributed by atoms with E-state index in [0.29, 0.717) is 5.88 Å². The highest BCUT2D eigenvalue weighted by Gasteiger charge is 2.13. The van der Waals surface area contributed by atoms with Crippen molar-refractivity contribution in [3.63, 3.8) is 0 Å². The molecule has 2 unspecified atom stereocenters. The van der Waals surface area contributed by atoms with Crippen LogP contribution in [0.15, 0.2) is 0 Å². The predicted octanol–water partition coefficient (Wildman–Crippen LogP) is 0.928. The fraction of sp³-hybridized carbons (Fsp3) is 0.889. The van der Waals surface area contributed by atoms with Crippen LogP contribution in [0.4, 0.5) is 0 Å². The van der Waals surface area contributed by atoms with Gasteiger partial charge in [0.25, 0.3) is 0 Å². The number of amides is 1. The molecule has 2 atom stereocenters. The molecule has 0 aromatic heterocycles. The molecule has 0 spiro atoms. The van der Waals surface area contributed by atoms with Crippen LogP contribution in [0.1, 0.15) is 13.8 Å². The maximum Gasteiger partial charge on any atom is 0.224 e. The van der Waals surface area contributed by atoms with Gasteiger partial charge >= 0.3 is 0 Å². The second-order valence-electron chi connectivity index (χ2n) is 3.73. The van der Waals surface area contributed by atoms with E-state index in [0.717, 1.165) is 6.54 Å². The zero-order valence-electron chi connectivity index (χ0n) is 8.80. The third-order valence-corrected chi connectivity index (χ3v) is 2.17. The molecule has 0 fully saturated rings. The minimum Gasteiger partial charge on any atom is -0.352 e. The van der Waals surface area contributed by atoms with E-state index in [9.17, 15) is 4.79 Å². The number of carbonyl (C=O) groups is 1. The van der Waals surface area contributed by atoms with E-state index < -0.39 is 0 Å². The van der Waals surface area contributed by atoms with E-state index >= 15 is 0 Å². The van der Waals surface area contributed by atoms with Crippen molar-refractivity contribution in [2.24, 2.45) is 5.92 Å². The van der Waals surface area contributed by atoms with Gasteiger partial charge in [-0.15, -0.1) is 11.6 Å². The first-order chi connectivity index (χ1) is 5.97. The maximum atomic E-state index is 11.4. The number of carbonyl (C=O) groups excluding carboxylic acids is 1. The first kappa shape index (κ1) is 12.7. The molecule has 0 aliphatic carbocycles. The Hall–Kier alpha value is -0.280. The predicted molar refractivity (Wildman–Crippen MR) is 56.0 cm³/mol. The average Bonchev–Trinajstić information content (AvgIpc) is 2.01. The Morgan fingerprint density at radius 1 is 1.46 bits per heavy atom. The Bertz CT molecular complexity index is 162. The second-order valence-corrected chi connectivity index (χ2v) is 4.04. The molecule has 78 valence electrons. The normalized spacial score (nSPS) is 15.5. The molecule has 0 aliphatic heterocycles. The SMILES string of the molecule is CC(CN(C)C)NC(=O)C(C)CCl. The fourth-order valence-electron chi connectivity index (χ4n) is 1.05. The highest BCUT2D eigenvalue weighted by atomic mass is 35.5. The van der Waals surface area contributed by atoms with Crippen LogP contribution in [0, 0.1) is 5.92 Å². The van der Waals surface area contributed by atoms with Crippen LogP contribution in [-0.2, 0) is 4.79 Å². The number of nitrogens with zero attached hydrogens (tertiary/aromatic N) is 1. The van der Waals surface area contributed by atoms with E-state index in [4.69, 9.17) is 11.6 Å². The average molecular weight is 207 g/mol. The molecule has 0 saturated carbocycles. The van der Waals surface area contributed by atoms with Gasteiger partial charge in [-0.25, -0.2) is 0 Å². The Morgan fingerprint density at radius 3 is 2.38 bits per heavy atom. The number of hydrogen-bond donors (Lipinski definition) is 1. The third-order valence-electron chi connectivity index (χ3n) is 1.71. The third kappa shape index (κ3) is 5.88. The zero-order chi connectivity index (χ0) is 10.4. The summed E-state index contributed by atoms with van der Waals surface area (Å²) in [4.78, 5) is 13.4. The Kier molecular flexibility index (Phi) is 6.08. The van der Waals surface area contributed by atoms with Crippen LogP contribution in [0.25, 0.3) is 0 Å². The molecule has 0 radical (unpaired) electrons. The lowest BCUT2D eigenvalue weighted by atomic mass is 10.2. The summed E-state index contributed by atoms with van der Waals surface area (Å²) in [6.07, 6.45) is 0. The minimum atomic E-state index is -0.105. The summed E-state index contributed by atoms with van der Waals surface area (Å²) >= 11 is 5.56. The first-order valence-corrected chi connectivity index (χ1v) is 5.02. The molecule has 0 aliphatic rings. The van der Waals surface area contributed by atoms with Crippen LogP contribution in [0.5, 0.6) is 0 Å². The summed E-state index contributed by atoms with van der Waals surface area (Å²) in [7, 11) is 3.96. The van der Waals surface area contributed by atoms with Gasteiger partial charge < -0.3 is 10.2 Å². The molecule has 0 bridgehead atoms. The Morgan fingerprint density at radius 2 is 2.00 bits per heavy atom. The van der Waals surface area contributed by atoms with Crippen molar-refractivity contribution in [2.45, 2.75) is 19.9 Å². The summed E-state index contributed by atoms with van der Waals surface area (Å²) in [6.45, 7) is 4.66. The molecule has 3 nitrogen and oxygen atoms in total. The standard InChI is InChI=1S/C9H19ClN2O/c1-7(5-10)9(13)11-8(2)6-12(3)4/h7-8H,5-6H2,1-4H3,(H,11,13). The molecular weight excluding hydrogens is 188 g/mol. The van der Waals surface area contributed by atoms with Crippen molar-refractivity contribution in [1.29, 1.82) is 0 Å². The molecule has 0 rings (SSSR count). The van der Waals surface area contributed by atoms with Crippen molar-refractivity contribution in [3.8, 4) is 0 Å². The van der Waals surface area contributed by atoms with Gasteiger partial charge in [0.05, 0.1) is 0 Å². The van der Waals surface area contributed by atoms with E-state index in [-0.39, 0.29) is 17.9 Å². The number of likely N-dealkylation sites (N-methyl/N-ethyl adjacent to an activating group) is 1. The Labute approximate surface area is 85.4 Å². The van der Waals surface area contributed by atoms with Crippen LogP contribution in [0.3, 0.4) is 0 Å². The van der Waals surface area contributed by atoms with E-state index in [1.54, 1.807) is 0 Å². The first-order valence-electron chi connectivity index (χ1n) is 4.48. The highest BCUT2D eigenvalue weighted by Crippen LogP contribution is 1.98. The van der Waals surface area contributed by atoms with Gasteiger partial charge in [-0.2, -0.15) is 0 Å². The monoisotopic (exact) mass is 206 g/mol. The number of hydrogen-bond acceptors (Lipinski definition) is 2. The molecule has 13 heavy (non-hydrogen) atoms. The summed E-state index contributed by atoms with van der Waals surface area (Å²) in [5.41, 5.74) is 0. The van der Waals surface area contributed by atoms with E-state index in [1.807, 2.05) is 32.8 Å². The lowest BCUT2D eigenvalue weighted by Crippen LogP contribution is -2.42. The number of alkyl halides is 1. The maximum absolute atomic E-state index is 11.4. The second kappa shape index (κ2) is 6.22. The minimum absolute atomic E-state index is 0.0318. The summed E-state index contributed by atoms with van der Waals surface area (Å²) < 4.78 is 0. The molecule has 0 aromatic carbocycles. The van der Waals surface area contributed by atoms with E-state index in [2.05, 4.69) is 5.32 Å². The zero-order valence-corrected chi connectivity index (χ0v) is 9.56. The van der Waals surface area contributed by atoms with Gasteiger partial charge in [-0.3, -0.25) is 4.79 Å². The molecule has 4 heteroatoms. The van der Waals surface area contributed by atoms with E-state index in [1.165, 1.54) is 0 Å². The quantitative estimate of drug-likeness (QED) is 0.679. The van der Waals surface area contributed by atoms with Crippen molar-refractivity contribution in [3.05, 3.63) is 0 Å². The fourth-order valence-corrected chi connectivity index (χ4v) is 1.19. The van der Waals surface area contributed by atoms with Crippen molar-refractivity contribution >= 4 is 17.5 Å². The van der Waals surface area contributed by atoms with Gasteiger partial charge in [-0.05, 0) is 21.0 Å². The molecular formula is C9H19ClN2O. The number of rotatable bonds is 5. The van der Waals surface area contributed by atoms with Gasteiger partial charge in [0.1, 0.15) is 0 Å². The van der Waals surface area contributed by atoms with Crippen molar-refractivity contribution in [1.82, 2.24) is 10.2 Å². The molecule has 1 N–H and O–H groups in total. The summed E-state index contributed by atoms with van der Waals surface area (Å²) in [5, 5.41) is 2.90. The number of halogens is 1. The lowest BCUT2D eigenvalue weighted by molar-refractivity contribution is -0.124. The topological polar surface area (TPSA) is 32.3 Å². The van der Waals surface area contributed by atoms with Crippen LogP contribution in [-0.4, -0.2) is 43.4 Å². The molecule has 1 amide bonds. The number of nitrogens with one attached hydrogen (secondary N) is 1. The molecule has 0 aromatic rings. The van der Waals surface area contributed by atoms with Gasteiger partial charge in [0.15, 0.2) is 0 Å². The molecule has 0 saturated heterocycles. The summed E-state index contributed by atoms with van der Waals surface area (Å²) in [6, 6.07) is 0.174. The van der Waals surface area contributed by atoms with Crippen LogP contribution in [0.2, 0.25) is 0 Å². The van der Waals surface area contributed by atoms with Crippen LogP contribution >= 0.6 is 11.6 Å². The van der Waals surface area contributed by atoms with Crippen molar-refractivity contribution in [2.75, 3.05) is 26.5 Å². The lowest BCUT2D eigenvalue weighted by Gasteiger charge is -2.19. The Balaban J connectivity index is 3.77. The summed E-state index contributed by atoms with van der Waals surface area (Å²) in [5.74, 6) is 0.302. The van der Waals surface area contributed by atoms with Crippen LogP contribution < -0.4 is 5.32 Å². The smallest absolute Gasteiger partial charge is 0.224 e. The van der Waals surface area contributed by atoms with Gasteiger partial charge in [-0.1, -0.05) is 6.92 Å². The molecule has 0 heterocycles. The van der Waals surface area contributed by atoms with Crippen molar-refractivity contribution < 1.29 is 4.79 Å². The van der Waals surface area contributed by atoms with Gasteiger partial charge in [0, 0.05) is 24.4 Å². The highest BCUT2D eigenvalue weighted by molar-refractivity contribution is 6.19. The van der Waals surface area contributed by atoms with Gasteiger partial charge in [0.2, 0.25) is 5.91 Å². The largest absolute Gasteiger partial charge is 0.352 e.